The van der Waals surface area contributed by atoms with E-state index in [2.05, 4.69) is 16.9 Å². The molecule has 2 aromatic rings. The lowest BCUT2D eigenvalue weighted by Crippen LogP contribution is -1.97. The smallest absolute Gasteiger partial charge is 0.142 e. The Bertz CT molecular complexity index is 611. The second-order valence-electron chi connectivity index (χ2n) is 4.13. The summed E-state index contributed by atoms with van der Waals surface area (Å²) in [6.45, 7) is 3.73. The van der Waals surface area contributed by atoms with Crippen LogP contribution in [0.2, 0.25) is 5.02 Å². The fraction of sp³-hybridized carbons (Fsp3) is 0.133. The third kappa shape index (κ3) is 2.93. The van der Waals surface area contributed by atoms with E-state index in [4.69, 9.17) is 11.6 Å². The normalized spacial score (nSPS) is 10.3. The largest absolute Gasteiger partial charge is 0.387 e. The molecule has 0 saturated heterocycles. The minimum Gasteiger partial charge on any atom is -0.387 e. The maximum Gasteiger partial charge on any atom is 0.142 e. The van der Waals surface area contributed by atoms with E-state index >= 15 is 0 Å². The van der Waals surface area contributed by atoms with Gasteiger partial charge in [0.1, 0.15) is 5.82 Å². The molecule has 0 saturated carbocycles. The number of pyridine rings is 1. The predicted molar refractivity (Wildman–Crippen MR) is 78.1 cm³/mol. The summed E-state index contributed by atoms with van der Waals surface area (Å²) in [5, 5.41) is 3.67. The summed E-state index contributed by atoms with van der Waals surface area (Å²) in [6.07, 6.45) is 5.29. The van der Waals surface area contributed by atoms with Gasteiger partial charge in [-0.2, -0.15) is 0 Å². The van der Waals surface area contributed by atoms with Gasteiger partial charge < -0.3 is 5.32 Å². The van der Waals surface area contributed by atoms with Gasteiger partial charge in [-0.3, -0.25) is 4.98 Å². The number of aromatic nitrogens is 1. The van der Waals surface area contributed by atoms with Gasteiger partial charge in [0.2, 0.25) is 0 Å². The van der Waals surface area contributed by atoms with Crippen LogP contribution in [0.1, 0.15) is 5.56 Å². The second kappa shape index (κ2) is 5.85. The van der Waals surface area contributed by atoms with Gasteiger partial charge in [0.25, 0.3) is 0 Å². The fourth-order valence-electron chi connectivity index (χ4n) is 2.00. The highest BCUT2D eigenvalue weighted by atomic mass is 35.5. The predicted octanol–water partition coefficient (Wildman–Crippen LogP) is 4.31. The van der Waals surface area contributed by atoms with Gasteiger partial charge in [-0.25, -0.2) is 4.39 Å². The summed E-state index contributed by atoms with van der Waals surface area (Å²) < 4.78 is 13.2. The number of allylic oxidation sites excluding steroid dienone is 1. The Morgan fingerprint density at radius 1 is 1.32 bits per heavy atom. The Labute approximate surface area is 116 Å². The number of rotatable bonds is 4. The number of hydrogen-bond donors (Lipinski definition) is 1. The standard InChI is InChI=1S/C15H14ClFN2/c1-3-4-10-5-11(7-14(16)15(10)18-2)12-6-13(17)9-19-8-12/h3,5-9,18H,1,4H2,2H3. The summed E-state index contributed by atoms with van der Waals surface area (Å²) in [6, 6.07) is 5.21. The Hall–Kier alpha value is -1.87. The molecule has 2 nitrogen and oxygen atoms in total. The fourth-order valence-corrected chi connectivity index (χ4v) is 2.33. The monoisotopic (exact) mass is 276 g/mol. The van der Waals surface area contributed by atoms with Gasteiger partial charge in [0.05, 0.1) is 16.9 Å². The maximum atomic E-state index is 13.2. The Morgan fingerprint density at radius 2 is 2.11 bits per heavy atom. The topological polar surface area (TPSA) is 24.9 Å². The van der Waals surface area contributed by atoms with Crippen molar-refractivity contribution in [3.63, 3.8) is 0 Å². The van der Waals surface area contributed by atoms with Crippen LogP contribution in [-0.2, 0) is 6.42 Å². The first-order valence-corrected chi connectivity index (χ1v) is 6.25. The third-order valence-corrected chi connectivity index (χ3v) is 3.12. The van der Waals surface area contributed by atoms with Crippen molar-refractivity contribution in [2.24, 2.45) is 0 Å². The van der Waals surface area contributed by atoms with Crippen molar-refractivity contribution in [1.29, 1.82) is 0 Å². The molecule has 98 valence electrons. The number of anilines is 1. The molecule has 0 spiro atoms. The van der Waals surface area contributed by atoms with Crippen molar-refractivity contribution in [2.75, 3.05) is 12.4 Å². The maximum absolute atomic E-state index is 13.2. The van der Waals surface area contributed by atoms with Gasteiger partial charge in [0.15, 0.2) is 0 Å². The van der Waals surface area contributed by atoms with Gasteiger partial charge in [-0.15, -0.1) is 6.58 Å². The zero-order chi connectivity index (χ0) is 13.8. The molecule has 19 heavy (non-hydrogen) atoms. The molecule has 4 heteroatoms. The van der Waals surface area contributed by atoms with E-state index in [1.165, 1.54) is 12.3 Å². The molecule has 1 aromatic heterocycles. The van der Waals surface area contributed by atoms with Crippen molar-refractivity contribution < 1.29 is 4.39 Å². The van der Waals surface area contributed by atoms with E-state index in [1.54, 1.807) is 18.3 Å². The SMILES string of the molecule is C=CCc1cc(-c2cncc(F)c2)cc(Cl)c1NC. The molecule has 1 heterocycles. The van der Waals surface area contributed by atoms with Crippen molar-refractivity contribution in [1.82, 2.24) is 4.98 Å². The molecule has 0 radical (unpaired) electrons. The van der Waals surface area contributed by atoms with E-state index < -0.39 is 0 Å². The number of nitrogens with zero attached hydrogens (tertiary/aromatic N) is 1. The van der Waals surface area contributed by atoms with E-state index in [0.717, 1.165) is 16.8 Å². The number of hydrogen-bond acceptors (Lipinski definition) is 2. The molecule has 0 aliphatic heterocycles. The van der Waals surface area contributed by atoms with Crippen LogP contribution in [-0.4, -0.2) is 12.0 Å². The summed E-state index contributed by atoms with van der Waals surface area (Å²) in [5.74, 6) is -0.364. The minimum absolute atomic E-state index is 0.364. The molecule has 0 amide bonds. The molecule has 2 rings (SSSR count). The lowest BCUT2D eigenvalue weighted by atomic mass is 10.0. The molecule has 0 unspecified atom stereocenters. The zero-order valence-electron chi connectivity index (χ0n) is 10.6. The quantitative estimate of drug-likeness (QED) is 0.842. The Balaban J connectivity index is 2.56. The van der Waals surface area contributed by atoms with Gasteiger partial charge in [-0.1, -0.05) is 17.7 Å². The lowest BCUT2D eigenvalue weighted by molar-refractivity contribution is 0.622. The first-order chi connectivity index (χ1) is 9.15. The second-order valence-corrected chi connectivity index (χ2v) is 4.53. The average Bonchev–Trinajstić information content (AvgIpc) is 2.39. The van der Waals surface area contributed by atoms with Crippen LogP contribution >= 0.6 is 11.6 Å². The van der Waals surface area contributed by atoms with E-state index in [9.17, 15) is 4.39 Å². The van der Waals surface area contributed by atoms with Crippen LogP contribution in [0, 0.1) is 5.82 Å². The molecule has 0 fully saturated rings. The summed E-state index contributed by atoms with van der Waals surface area (Å²) >= 11 is 6.25. The van der Waals surface area contributed by atoms with Crippen LogP contribution < -0.4 is 5.32 Å². The lowest BCUT2D eigenvalue weighted by Gasteiger charge is -2.12. The molecular formula is C15H14ClFN2. The van der Waals surface area contributed by atoms with Crippen molar-refractivity contribution in [2.45, 2.75) is 6.42 Å². The molecule has 1 aromatic carbocycles. The minimum atomic E-state index is -0.364. The highest BCUT2D eigenvalue weighted by molar-refractivity contribution is 6.33. The van der Waals surface area contributed by atoms with E-state index in [0.29, 0.717) is 17.0 Å². The first kappa shape index (κ1) is 13.6. The van der Waals surface area contributed by atoms with Crippen molar-refractivity contribution in [3.8, 4) is 11.1 Å². The highest BCUT2D eigenvalue weighted by Gasteiger charge is 2.09. The molecule has 0 atom stereocenters. The van der Waals surface area contributed by atoms with Crippen molar-refractivity contribution >= 4 is 17.3 Å². The van der Waals surface area contributed by atoms with E-state index in [-0.39, 0.29) is 5.82 Å². The van der Waals surface area contributed by atoms with E-state index in [1.807, 2.05) is 13.1 Å². The summed E-state index contributed by atoms with van der Waals surface area (Å²) in [7, 11) is 1.82. The number of benzene rings is 1. The molecule has 0 aliphatic rings. The van der Waals surface area contributed by atoms with Crippen LogP contribution in [0.3, 0.4) is 0 Å². The van der Waals surface area contributed by atoms with Crippen LogP contribution in [0.25, 0.3) is 11.1 Å². The van der Waals surface area contributed by atoms with Crippen LogP contribution in [0.15, 0.2) is 43.2 Å². The first-order valence-electron chi connectivity index (χ1n) is 5.87. The Kier molecular flexibility index (Phi) is 4.17. The molecular weight excluding hydrogens is 263 g/mol. The van der Waals surface area contributed by atoms with Gasteiger partial charge >= 0.3 is 0 Å². The summed E-state index contributed by atoms with van der Waals surface area (Å²) in [5.41, 5.74) is 3.43. The summed E-state index contributed by atoms with van der Waals surface area (Å²) in [4.78, 5) is 3.85. The average molecular weight is 277 g/mol. The Morgan fingerprint density at radius 3 is 2.74 bits per heavy atom. The van der Waals surface area contributed by atoms with Crippen LogP contribution in [0.4, 0.5) is 10.1 Å². The van der Waals surface area contributed by atoms with Gasteiger partial charge in [0, 0.05) is 18.8 Å². The van der Waals surface area contributed by atoms with Crippen LogP contribution in [0.5, 0.6) is 0 Å². The van der Waals surface area contributed by atoms with Crippen molar-refractivity contribution in [3.05, 3.63) is 59.7 Å². The molecule has 0 bridgehead atoms. The number of nitrogens with one attached hydrogen (secondary N) is 1. The zero-order valence-corrected chi connectivity index (χ0v) is 11.3. The number of halogens is 2. The highest BCUT2D eigenvalue weighted by Crippen LogP contribution is 2.32. The molecule has 1 N–H and O–H groups in total. The van der Waals surface area contributed by atoms with Gasteiger partial charge in [-0.05, 0) is 35.7 Å². The third-order valence-electron chi connectivity index (χ3n) is 2.82. The molecule has 0 aliphatic carbocycles.